The maximum atomic E-state index is 4.72. The number of benzene rings is 3. The average molecular weight is 910 g/mol. The third kappa shape index (κ3) is 11.2. The number of nitrogens with zero attached hydrogens (tertiary/aromatic N) is 10. The Bertz CT molecular complexity index is 2480. The van der Waals surface area contributed by atoms with E-state index in [0.717, 1.165) is 132 Å². The van der Waals surface area contributed by atoms with Gasteiger partial charge < -0.3 is 20.9 Å². The fourth-order valence-electron chi connectivity index (χ4n) is 7.24. The minimum atomic E-state index is 0. The van der Waals surface area contributed by atoms with Crippen molar-refractivity contribution in [3.8, 4) is 0 Å². The van der Waals surface area contributed by atoms with E-state index in [4.69, 9.17) is 5.32 Å². The molecule has 0 saturated carbocycles. The van der Waals surface area contributed by atoms with Gasteiger partial charge in [-0.05, 0) is 61.1 Å². The standard InChI is InChI=1S/C23H29N6.2C12H8N2.Ni.Ru/c1-5-19-17-20(21-6-2-11-28-23(21)22(19)27-10-1)18-29-15-4-9-25-13-12-24-7-3-8-26-14-16-29;2*1-3-9-5-6-10-4-2-8-14-12(10)11(9)13-7-1;;/h1-2,5-6,10-11,17H,3-4,7-9,12-16,18H2;2*1-8H;;/q-3;;;2*+2. The van der Waals surface area contributed by atoms with Gasteiger partial charge in [-0.2, -0.15) is 26.2 Å². The Morgan fingerprint density at radius 1 is 0.407 bits per heavy atom. The summed E-state index contributed by atoms with van der Waals surface area (Å²) in [4.78, 5) is 29.1. The zero-order chi connectivity index (χ0) is 38.5. The largest absolute Gasteiger partial charge is 2.00 e. The van der Waals surface area contributed by atoms with E-state index in [-0.39, 0.29) is 36.0 Å². The van der Waals surface area contributed by atoms with Crippen molar-refractivity contribution in [2.45, 2.75) is 19.4 Å². The van der Waals surface area contributed by atoms with Crippen molar-refractivity contribution < 1.29 is 36.0 Å². The van der Waals surface area contributed by atoms with E-state index in [0.29, 0.717) is 0 Å². The third-order valence-electron chi connectivity index (χ3n) is 10.0. The van der Waals surface area contributed by atoms with Crippen LogP contribution in [-0.2, 0) is 42.5 Å². The van der Waals surface area contributed by atoms with E-state index in [1.807, 2.05) is 48.8 Å². The molecule has 3 aromatic carbocycles. The topological polar surface area (TPSA) is 123 Å². The zero-order valence-electron chi connectivity index (χ0n) is 32.7. The van der Waals surface area contributed by atoms with E-state index in [9.17, 15) is 0 Å². The zero-order valence-corrected chi connectivity index (χ0v) is 35.4. The molecule has 0 N–H and O–H groups in total. The fraction of sp³-hybridized carbons (Fsp3) is 0.234. The molecule has 0 unspecified atom stereocenters. The van der Waals surface area contributed by atoms with Crippen LogP contribution in [0.15, 0.2) is 140 Å². The molecule has 10 rings (SSSR count). The van der Waals surface area contributed by atoms with Crippen LogP contribution in [0.4, 0.5) is 0 Å². The number of rotatable bonds is 2. The second kappa shape index (κ2) is 22.4. The Morgan fingerprint density at radius 2 is 0.797 bits per heavy atom. The minimum absolute atomic E-state index is 0. The normalized spacial score (nSPS) is 14.3. The maximum Gasteiger partial charge on any atom is 2.00 e. The SMILES string of the molecule is [Ni+2].[Ru+2].c1cnc2c(c1)cc(CN1CCC[N-]CC[N-]CCC[N-]CC1)c1cccnc12.c1cnc2c(c1)ccc1cccnc12.c1cnc2c(c1)ccc1cccnc12. The summed E-state index contributed by atoms with van der Waals surface area (Å²) in [6.45, 7) is 8.22. The first-order valence-corrected chi connectivity index (χ1v) is 19.7. The van der Waals surface area contributed by atoms with Crippen LogP contribution in [0.1, 0.15) is 18.4 Å². The van der Waals surface area contributed by atoms with Gasteiger partial charge in [-0.15, -0.1) is 13.1 Å². The maximum absolute atomic E-state index is 4.72. The van der Waals surface area contributed by atoms with Gasteiger partial charge in [0.1, 0.15) is 0 Å². The van der Waals surface area contributed by atoms with Crippen LogP contribution in [0.2, 0.25) is 0 Å². The van der Waals surface area contributed by atoms with Crippen LogP contribution in [0.5, 0.6) is 0 Å². The molecule has 59 heavy (non-hydrogen) atoms. The van der Waals surface area contributed by atoms with E-state index < -0.39 is 0 Å². The molecule has 12 heteroatoms. The second-order valence-corrected chi connectivity index (χ2v) is 13.9. The predicted octanol–water partition coefficient (Wildman–Crippen LogP) is 10.1. The first-order valence-electron chi connectivity index (χ1n) is 19.7. The van der Waals surface area contributed by atoms with Crippen molar-refractivity contribution in [2.75, 3.05) is 52.4 Å². The van der Waals surface area contributed by atoms with Gasteiger partial charge in [0, 0.05) is 76.0 Å². The second-order valence-electron chi connectivity index (χ2n) is 13.9. The minimum Gasteiger partial charge on any atom is -0.664 e. The number of pyridine rings is 6. The van der Waals surface area contributed by atoms with Crippen molar-refractivity contribution in [1.29, 1.82) is 0 Å². The molecule has 1 aliphatic heterocycles. The van der Waals surface area contributed by atoms with E-state index in [1.54, 1.807) is 24.8 Å². The Labute approximate surface area is 367 Å². The van der Waals surface area contributed by atoms with Crippen molar-refractivity contribution in [3.63, 3.8) is 0 Å². The van der Waals surface area contributed by atoms with Crippen LogP contribution in [0.3, 0.4) is 0 Å². The summed E-state index contributed by atoms with van der Waals surface area (Å²) < 4.78 is 0. The quantitative estimate of drug-likeness (QED) is 0.125. The molecule has 1 aliphatic rings. The number of hydrogen-bond donors (Lipinski definition) is 0. The summed E-state index contributed by atoms with van der Waals surface area (Å²) in [5, 5.41) is 20.8. The van der Waals surface area contributed by atoms with Gasteiger partial charge in [-0.1, -0.05) is 73.5 Å². The van der Waals surface area contributed by atoms with E-state index in [2.05, 4.69) is 112 Å². The Hall–Kier alpha value is -4.92. The van der Waals surface area contributed by atoms with Crippen LogP contribution >= 0.6 is 0 Å². The Morgan fingerprint density at radius 3 is 1.29 bits per heavy atom. The molecule has 300 valence electrons. The van der Waals surface area contributed by atoms with Crippen molar-refractivity contribution in [2.24, 2.45) is 0 Å². The summed E-state index contributed by atoms with van der Waals surface area (Å²) in [6.07, 6.45) is 13.0. The van der Waals surface area contributed by atoms with Gasteiger partial charge in [-0.3, -0.25) is 29.9 Å². The first kappa shape index (κ1) is 43.7. The molecule has 1 fully saturated rings. The smallest absolute Gasteiger partial charge is 0.664 e. The molecular formula is C47H45N10NiRu+. The number of hydrogen-bond acceptors (Lipinski definition) is 7. The monoisotopic (exact) mass is 909 g/mol. The molecule has 6 aromatic heterocycles. The van der Waals surface area contributed by atoms with Crippen LogP contribution in [0, 0.1) is 0 Å². The van der Waals surface area contributed by atoms with Gasteiger partial charge in [0.2, 0.25) is 0 Å². The van der Waals surface area contributed by atoms with Gasteiger partial charge in [0.05, 0.1) is 33.1 Å². The molecule has 0 amide bonds. The van der Waals surface area contributed by atoms with Crippen molar-refractivity contribution >= 4 is 65.4 Å². The fourth-order valence-corrected chi connectivity index (χ4v) is 7.24. The summed E-state index contributed by atoms with van der Waals surface area (Å²) in [5.74, 6) is 0. The van der Waals surface area contributed by atoms with Crippen LogP contribution in [0.25, 0.3) is 81.4 Å². The number of fused-ring (bicyclic) bond motifs is 9. The summed E-state index contributed by atoms with van der Waals surface area (Å²) in [5.41, 5.74) is 7.19. The average Bonchev–Trinajstić information content (AvgIpc) is 3.28. The van der Waals surface area contributed by atoms with E-state index >= 15 is 0 Å². The molecule has 0 spiro atoms. The van der Waals surface area contributed by atoms with Crippen LogP contribution in [-0.4, -0.2) is 87.2 Å². The molecule has 7 heterocycles. The Balaban J connectivity index is 0.000000163. The van der Waals surface area contributed by atoms with Crippen molar-refractivity contribution in [1.82, 2.24) is 34.8 Å². The van der Waals surface area contributed by atoms with E-state index in [1.165, 1.54) is 10.9 Å². The van der Waals surface area contributed by atoms with Gasteiger partial charge in [0.25, 0.3) is 0 Å². The molecule has 10 nitrogen and oxygen atoms in total. The number of aromatic nitrogens is 6. The molecule has 0 aliphatic carbocycles. The Kier molecular flexibility index (Phi) is 16.6. The predicted molar refractivity (Wildman–Crippen MR) is 235 cm³/mol. The molecular weight excluding hydrogens is 864 g/mol. The van der Waals surface area contributed by atoms with Gasteiger partial charge >= 0.3 is 36.0 Å². The molecule has 0 radical (unpaired) electrons. The summed E-state index contributed by atoms with van der Waals surface area (Å²) in [7, 11) is 0. The molecule has 0 bridgehead atoms. The molecule has 1 saturated heterocycles. The van der Waals surface area contributed by atoms with Gasteiger partial charge in [0.15, 0.2) is 0 Å². The van der Waals surface area contributed by atoms with Crippen LogP contribution < -0.4 is 0 Å². The summed E-state index contributed by atoms with van der Waals surface area (Å²) in [6, 6.07) is 34.9. The molecule has 9 aromatic rings. The van der Waals surface area contributed by atoms with Gasteiger partial charge in [-0.25, -0.2) is 0 Å². The molecule has 0 atom stereocenters. The first-order chi connectivity index (χ1) is 28.3. The van der Waals surface area contributed by atoms with Crippen molar-refractivity contribution in [3.05, 3.63) is 162 Å². The third-order valence-corrected chi connectivity index (χ3v) is 10.0. The summed E-state index contributed by atoms with van der Waals surface area (Å²) >= 11 is 0.